The fourth-order valence-electron chi connectivity index (χ4n) is 1.04. The molecule has 1 aromatic carbocycles. The smallest absolute Gasteiger partial charge is 0.362 e. The van der Waals surface area contributed by atoms with E-state index in [1.165, 1.54) is 0 Å². The van der Waals surface area contributed by atoms with Crippen LogP contribution in [0.1, 0.15) is 12.5 Å². The second kappa shape index (κ2) is 6.81. The van der Waals surface area contributed by atoms with Crippen LogP contribution in [-0.4, -0.2) is 17.7 Å². The second-order valence-corrected chi connectivity index (χ2v) is 3.09. The molecule has 0 heterocycles. The van der Waals surface area contributed by atoms with Crippen LogP contribution in [0, 0.1) is 11.3 Å². The average Bonchev–Trinajstić information content (AvgIpc) is 2.40. The van der Waals surface area contributed by atoms with Crippen LogP contribution in [0.2, 0.25) is 0 Å². The number of esters is 1. The maximum absolute atomic E-state index is 11.2. The van der Waals surface area contributed by atoms with Gasteiger partial charge in [-0.3, -0.25) is 0 Å². The molecule has 0 fully saturated rings. The number of hydrogen-bond donors (Lipinski definition) is 1. The molecule has 0 atom stereocenters. The number of nitrogens with zero attached hydrogens (tertiary/aromatic N) is 3. The van der Waals surface area contributed by atoms with Gasteiger partial charge in [0, 0.05) is 0 Å². The number of aliphatic hydroxyl groups is 1. The molecule has 18 heavy (non-hydrogen) atoms. The minimum absolute atomic E-state index is 0.183. The first kappa shape index (κ1) is 13.4. The lowest BCUT2D eigenvalue weighted by molar-refractivity contribution is -0.138. The molecule has 0 aliphatic rings. The Bertz CT molecular complexity index is 512. The molecule has 0 bridgehead atoms. The van der Waals surface area contributed by atoms with Gasteiger partial charge in [0.05, 0.1) is 23.9 Å². The van der Waals surface area contributed by atoms with E-state index in [0.29, 0.717) is 17.5 Å². The van der Waals surface area contributed by atoms with Crippen LogP contribution in [0.15, 0.2) is 46.5 Å². The molecule has 0 aliphatic carbocycles. The standard InChI is InChI=1S/C12H11N3O3/c1-2-18-12(17)11(8-16)15-14-10-5-3-9(7-13)4-6-10/h3-6,8,16H,2H2,1H3/b11-8+,15-14?. The van der Waals surface area contributed by atoms with E-state index in [2.05, 4.69) is 15.0 Å². The van der Waals surface area contributed by atoms with Crippen LogP contribution in [-0.2, 0) is 9.53 Å². The lowest BCUT2D eigenvalue weighted by Gasteiger charge is -1.99. The Hall–Kier alpha value is -2.68. The number of carbonyl (C=O) groups is 1. The van der Waals surface area contributed by atoms with E-state index in [0.717, 1.165) is 0 Å². The predicted molar refractivity (Wildman–Crippen MR) is 63.0 cm³/mol. The van der Waals surface area contributed by atoms with Crippen LogP contribution in [0.3, 0.4) is 0 Å². The van der Waals surface area contributed by atoms with E-state index in [9.17, 15) is 4.79 Å². The van der Waals surface area contributed by atoms with Crippen LogP contribution in [0.4, 0.5) is 5.69 Å². The Morgan fingerprint density at radius 3 is 2.67 bits per heavy atom. The summed E-state index contributed by atoms with van der Waals surface area (Å²) < 4.78 is 4.66. The van der Waals surface area contributed by atoms with E-state index in [1.54, 1.807) is 31.2 Å². The summed E-state index contributed by atoms with van der Waals surface area (Å²) in [6.07, 6.45) is 0.533. The molecule has 0 unspecified atom stereocenters. The summed E-state index contributed by atoms with van der Waals surface area (Å²) in [5.41, 5.74) is 0.663. The third-order valence-electron chi connectivity index (χ3n) is 1.88. The van der Waals surface area contributed by atoms with Crippen molar-refractivity contribution in [2.45, 2.75) is 6.92 Å². The molecule has 6 nitrogen and oxygen atoms in total. The number of hydrogen-bond acceptors (Lipinski definition) is 6. The van der Waals surface area contributed by atoms with Crippen LogP contribution >= 0.6 is 0 Å². The zero-order valence-electron chi connectivity index (χ0n) is 9.70. The Morgan fingerprint density at radius 1 is 1.50 bits per heavy atom. The summed E-state index contributed by atoms with van der Waals surface area (Å²) in [5, 5.41) is 24.7. The molecule has 0 radical (unpaired) electrons. The topological polar surface area (TPSA) is 95.0 Å². The third-order valence-corrected chi connectivity index (χ3v) is 1.88. The van der Waals surface area contributed by atoms with E-state index in [1.807, 2.05) is 6.07 Å². The number of azo groups is 1. The molecule has 0 spiro atoms. The monoisotopic (exact) mass is 245 g/mol. The van der Waals surface area contributed by atoms with Gasteiger partial charge in [-0.25, -0.2) is 4.79 Å². The number of ether oxygens (including phenoxy) is 1. The van der Waals surface area contributed by atoms with Gasteiger partial charge in [0.1, 0.15) is 6.26 Å². The predicted octanol–water partition coefficient (Wildman–Crippen LogP) is 2.60. The molecule has 1 N–H and O–H groups in total. The van der Waals surface area contributed by atoms with Crippen molar-refractivity contribution in [1.29, 1.82) is 5.26 Å². The first-order valence-electron chi connectivity index (χ1n) is 5.14. The molecule has 6 heteroatoms. The zero-order valence-corrected chi connectivity index (χ0v) is 9.70. The zero-order chi connectivity index (χ0) is 13.4. The van der Waals surface area contributed by atoms with E-state index in [-0.39, 0.29) is 12.3 Å². The van der Waals surface area contributed by atoms with Crippen molar-refractivity contribution in [3.63, 3.8) is 0 Å². The first-order chi connectivity index (χ1) is 8.71. The minimum Gasteiger partial charge on any atom is -0.513 e. The number of nitriles is 1. The van der Waals surface area contributed by atoms with Crippen molar-refractivity contribution >= 4 is 11.7 Å². The van der Waals surface area contributed by atoms with Gasteiger partial charge in [-0.2, -0.15) is 10.4 Å². The van der Waals surface area contributed by atoms with Gasteiger partial charge in [0.15, 0.2) is 0 Å². The highest BCUT2D eigenvalue weighted by Crippen LogP contribution is 2.14. The number of carbonyl (C=O) groups excluding carboxylic acids is 1. The summed E-state index contributed by atoms with van der Waals surface area (Å²) in [4.78, 5) is 11.2. The highest BCUT2D eigenvalue weighted by molar-refractivity contribution is 5.87. The lowest BCUT2D eigenvalue weighted by Crippen LogP contribution is -2.05. The van der Waals surface area contributed by atoms with E-state index < -0.39 is 5.97 Å². The second-order valence-electron chi connectivity index (χ2n) is 3.09. The molecule has 0 aliphatic heterocycles. The maximum Gasteiger partial charge on any atom is 0.362 e. The highest BCUT2D eigenvalue weighted by atomic mass is 16.5. The van der Waals surface area contributed by atoms with Gasteiger partial charge in [-0.15, -0.1) is 5.11 Å². The van der Waals surface area contributed by atoms with Gasteiger partial charge in [-0.1, -0.05) is 0 Å². The van der Waals surface area contributed by atoms with Crippen molar-refractivity contribution in [2.24, 2.45) is 10.2 Å². The molecular weight excluding hydrogens is 234 g/mol. The summed E-state index contributed by atoms with van der Waals surface area (Å²) in [5.74, 6) is -0.752. The van der Waals surface area contributed by atoms with E-state index >= 15 is 0 Å². The Kier molecular flexibility index (Phi) is 5.06. The fourth-order valence-corrected chi connectivity index (χ4v) is 1.04. The maximum atomic E-state index is 11.2. The number of aliphatic hydroxyl groups excluding tert-OH is 1. The largest absolute Gasteiger partial charge is 0.513 e. The molecule has 0 amide bonds. The Labute approximate surface area is 104 Å². The van der Waals surface area contributed by atoms with Gasteiger partial charge in [0.2, 0.25) is 5.70 Å². The average molecular weight is 245 g/mol. The van der Waals surface area contributed by atoms with Crippen LogP contribution in [0.5, 0.6) is 0 Å². The van der Waals surface area contributed by atoms with E-state index in [4.69, 9.17) is 10.4 Å². The van der Waals surface area contributed by atoms with Gasteiger partial charge in [-0.05, 0) is 31.2 Å². The summed E-state index contributed by atoms with van der Waals surface area (Å²) in [6.45, 7) is 1.83. The molecule has 1 aromatic rings. The molecule has 1 rings (SSSR count). The summed E-state index contributed by atoms with van der Waals surface area (Å²) in [6, 6.07) is 8.25. The van der Waals surface area contributed by atoms with Crippen molar-refractivity contribution in [3.8, 4) is 6.07 Å². The molecular formula is C12H11N3O3. The quantitative estimate of drug-likeness (QED) is 0.381. The third kappa shape index (κ3) is 3.72. The first-order valence-corrected chi connectivity index (χ1v) is 5.14. The summed E-state index contributed by atoms with van der Waals surface area (Å²) in [7, 11) is 0. The van der Waals surface area contributed by atoms with Crippen molar-refractivity contribution < 1.29 is 14.6 Å². The highest BCUT2D eigenvalue weighted by Gasteiger charge is 2.09. The van der Waals surface area contributed by atoms with Gasteiger partial charge >= 0.3 is 5.97 Å². The van der Waals surface area contributed by atoms with Gasteiger partial charge in [0.25, 0.3) is 0 Å². The molecule has 0 aromatic heterocycles. The molecule has 0 saturated heterocycles. The number of rotatable bonds is 4. The van der Waals surface area contributed by atoms with Crippen LogP contribution in [0.25, 0.3) is 0 Å². The Balaban J connectivity index is 2.78. The van der Waals surface area contributed by atoms with Crippen molar-refractivity contribution in [3.05, 3.63) is 41.8 Å². The SMILES string of the molecule is CCOC(=O)/C(=C\O)N=Nc1ccc(C#N)cc1. The Morgan fingerprint density at radius 2 is 2.17 bits per heavy atom. The fraction of sp³-hybridized carbons (Fsp3) is 0.167. The van der Waals surface area contributed by atoms with Crippen molar-refractivity contribution in [1.82, 2.24) is 0 Å². The lowest BCUT2D eigenvalue weighted by atomic mass is 10.2. The molecule has 0 saturated carbocycles. The normalized spacial score (nSPS) is 11.2. The molecule has 92 valence electrons. The van der Waals surface area contributed by atoms with Crippen molar-refractivity contribution in [2.75, 3.05) is 6.61 Å². The number of benzene rings is 1. The van der Waals surface area contributed by atoms with Gasteiger partial charge < -0.3 is 9.84 Å². The minimum atomic E-state index is -0.752. The van der Waals surface area contributed by atoms with Crippen LogP contribution < -0.4 is 0 Å². The summed E-state index contributed by atoms with van der Waals surface area (Å²) >= 11 is 0.